The molecule has 0 saturated carbocycles. The molecule has 8 heteroatoms. The maximum absolute atomic E-state index is 10.5. The first kappa shape index (κ1) is 21.9. The highest BCUT2D eigenvalue weighted by atomic mass is 16.7. The number of benzene rings is 3. The van der Waals surface area contributed by atoms with Crippen molar-refractivity contribution in [3.05, 3.63) is 59.7 Å². The zero-order valence-corrected chi connectivity index (χ0v) is 19.5. The van der Waals surface area contributed by atoms with E-state index in [2.05, 4.69) is 12.2 Å². The van der Waals surface area contributed by atoms with Crippen LogP contribution in [0.3, 0.4) is 0 Å². The standard InChI is InChI=1S/C26H27NO7/c1-14-24(15-9-22(30-3)25(28)23(10-15)31-4)18-11-20-21(33-13-32-20)12-19(18)34-26(14)27-16-5-7-17(29-2)8-6-16/h5-12,14,24,26-28H,13H2,1-4H3/t14-,24-,26-/m0/s1. The van der Waals surface area contributed by atoms with Gasteiger partial charge in [0.15, 0.2) is 29.2 Å². The van der Waals surface area contributed by atoms with Crippen molar-refractivity contribution in [2.45, 2.75) is 19.1 Å². The predicted molar refractivity (Wildman–Crippen MR) is 126 cm³/mol. The molecule has 2 N–H and O–H groups in total. The van der Waals surface area contributed by atoms with Gasteiger partial charge in [0.2, 0.25) is 12.5 Å². The number of methoxy groups -OCH3 is 3. The topological polar surface area (TPSA) is 87.6 Å². The van der Waals surface area contributed by atoms with Crippen molar-refractivity contribution in [1.29, 1.82) is 0 Å². The molecule has 2 aliphatic rings. The lowest BCUT2D eigenvalue weighted by molar-refractivity contribution is 0.134. The molecule has 2 aliphatic heterocycles. The molecule has 0 saturated heterocycles. The van der Waals surface area contributed by atoms with Crippen LogP contribution in [0.15, 0.2) is 48.5 Å². The van der Waals surface area contributed by atoms with E-state index in [0.717, 1.165) is 22.6 Å². The van der Waals surface area contributed by atoms with Crippen molar-refractivity contribution in [3.63, 3.8) is 0 Å². The number of nitrogens with one attached hydrogen (secondary N) is 1. The highest BCUT2D eigenvalue weighted by Gasteiger charge is 2.39. The average Bonchev–Trinajstić information content (AvgIpc) is 3.31. The number of fused-ring (bicyclic) bond motifs is 2. The van der Waals surface area contributed by atoms with Gasteiger partial charge >= 0.3 is 0 Å². The summed E-state index contributed by atoms with van der Waals surface area (Å²) in [7, 11) is 4.68. The van der Waals surface area contributed by atoms with Gasteiger partial charge in [0.25, 0.3) is 0 Å². The molecule has 0 bridgehead atoms. The van der Waals surface area contributed by atoms with Crippen LogP contribution in [0.25, 0.3) is 0 Å². The highest BCUT2D eigenvalue weighted by Crippen LogP contribution is 2.51. The first-order valence-electron chi connectivity index (χ1n) is 11.0. The van der Waals surface area contributed by atoms with Gasteiger partial charge in [-0.25, -0.2) is 0 Å². The minimum absolute atomic E-state index is 0.0195. The Morgan fingerprint density at radius 1 is 0.853 bits per heavy atom. The van der Waals surface area contributed by atoms with Gasteiger partial charge in [-0.05, 0) is 48.0 Å². The summed E-state index contributed by atoms with van der Waals surface area (Å²) in [5, 5.41) is 14.0. The second-order valence-electron chi connectivity index (χ2n) is 8.27. The molecule has 178 valence electrons. The zero-order valence-electron chi connectivity index (χ0n) is 19.5. The Morgan fingerprint density at radius 3 is 2.12 bits per heavy atom. The van der Waals surface area contributed by atoms with E-state index in [1.54, 1.807) is 7.11 Å². The van der Waals surface area contributed by atoms with E-state index >= 15 is 0 Å². The maximum atomic E-state index is 10.5. The van der Waals surface area contributed by atoms with Gasteiger partial charge in [-0.2, -0.15) is 0 Å². The van der Waals surface area contributed by atoms with Gasteiger partial charge in [0, 0.05) is 29.2 Å². The molecule has 0 spiro atoms. The fraction of sp³-hybridized carbons (Fsp3) is 0.308. The van der Waals surface area contributed by atoms with Crippen LogP contribution in [0.1, 0.15) is 24.0 Å². The molecule has 3 aromatic carbocycles. The van der Waals surface area contributed by atoms with Gasteiger partial charge in [-0.1, -0.05) is 6.92 Å². The van der Waals surface area contributed by atoms with Crippen molar-refractivity contribution in [3.8, 4) is 40.2 Å². The second kappa shape index (κ2) is 8.78. The van der Waals surface area contributed by atoms with Crippen molar-refractivity contribution in [2.24, 2.45) is 5.92 Å². The number of phenolic OH excluding ortho intramolecular Hbond substituents is 1. The number of phenols is 1. The SMILES string of the molecule is COc1ccc(N[C@H]2Oc3cc4c(cc3[C@H](c3cc(OC)c(O)c(OC)c3)[C@@H]2C)OCO4)cc1. The fourth-order valence-corrected chi connectivity index (χ4v) is 4.58. The van der Waals surface area contributed by atoms with E-state index in [1.807, 2.05) is 48.5 Å². The first-order valence-corrected chi connectivity index (χ1v) is 11.0. The summed E-state index contributed by atoms with van der Waals surface area (Å²) in [5.41, 5.74) is 2.78. The number of aromatic hydroxyl groups is 1. The Hall–Kier alpha value is -3.94. The molecule has 5 rings (SSSR count). The normalized spacial score (nSPS) is 20.2. The minimum Gasteiger partial charge on any atom is -0.502 e. The number of hydrogen-bond donors (Lipinski definition) is 2. The van der Waals surface area contributed by atoms with Crippen LogP contribution in [0.5, 0.6) is 40.2 Å². The van der Waals surface area contributed by atoms with Crippen molar-refractivity contribution >= 4 is 5.69 Å². The molecule has 3 atom stereocenters. The molecule has 0 amide bonds. The number of anilines is 1. The van der Waals surface area contributed by atoms with Crippen LogP contribution in [-0.4, -0.2) is 39.5 Å². The Morgan fingerprint density at radius 2 is 1.50 bits per heavy atom. The lowest BCUT2D eigenvalue weighted by atomic mass is 9.78. The van der Waals surface area contributed by atoms with Gasteiger partial charge < -0.3 is 38.8 Å². The van der Waals surface area contributed by atoms with Crippen LogP contribution in [0.2, 0.25) is 0 Å². The number of hydrogen-bond acceptors (Lipinski definition) is 8. The Bertz CT molecular complexity index is 1170. The third-order valence-electron chi connectivity index (χ3n) is 6.36. The second-order valence-corrected chi connectivity index (χ2v) is 8.27. The van der Waals surface area contributed by atoms with E-state index < -0.39 is 0 Å². The zero-order chi connectivity index (χ0) is 23.8. The number of rotatable bonds is 6. The van der Waals surface area contributed by atoms with Gasteiger partial charge in [-0.3, -0.25) is 0 Å². The minimum atomic E-state index is -0.350. The molecule has 3 aromatic rings. The predicted octanol–water partition coefficient (Wildman–Crippen LogP) is 4.75. The lowest BCUT2D eigenvalue weighted by Gasteiger charge is -2.39. The summed E-state index contributed by atoms with van der Waals surface area (Å²) in [6, 6.07) is 15.2. The fourth-order valence-electron chi connectivity index (χ4n) is 4.58. The first-order chi connectivity index (χ1) is 16.5. The molecule has 0 aromatic heterocycles. The molecular weight excluding hydrogens is 438 g/mol. The van der Waals surface area contributed by atoms with Crippen LogP contribution >= 0.6 is 0 Å². The summed E-state index contributed by atoms with van der Waals surface area (Å²) >= 11 is 0. The van der Waals surface area contributed by atoms with Gasteiger partial charge in [0.05, 0.1) is 21.3 Å². The molecule has 0 unspecified atom stereocenters. The van der Waals surface area contributed by atoms with Crippen molar-refractivity contribution < 1.29 is 33.5 Å². The van der Waals surface area contributed by atoms with E-state index in [-0.39, 0.29) is 30.6 Å². The Balaban J connectivity index is 1.59. The third kappa shape index (κ3) is 3.75. The van der Waals surface area contributed by atoms with E-state index in [0.29, 0.717) is 28.7 Å². The van der Waals surface area contributed by atoms with E-state index in [4.69, 9.17) is 28.4 Å². The van der Waals surface area contributed by atoms with Crippen LogP contribution in [-0.2, 0) is 0 Å². The highest BCUT2D eigenvalue weighted by molar-refractivity contribution is 5.60. The Kier molecular flexibility index (Phi) is 5.65. The van der Waals surface area contributed by atoms with Gasteiger partial charge in [-0.15, -0.1) is 0 Å². The summed E-state index contributed by atoms with van der Waals surface area (Å²) in [6.45, 7) is 2.29. The molecule has 0 fully saturated rings. The maximum Gasteiger partial charge on any atom is 0.231 e. The monoisotopic (exact) mass is 465 g/mol. The van der Waals surface area contributed by atoms with Crippen LogP contribution in [0.4, 0.5) is 5.69 Å². The summed E-state index contributed by atoms with van der Waals surface area (Å²) in [5.74, 6) is 3.32. The van der Waals surface area contributed by atoms with Crippen molar-refractivity contribution in [2.75, 3.05) is 33.4 Å². The lowest BCUT2D eigenvalue weighted by Crippen LogP contribution is -2.40. The van der Waals surface area contributed by atoms with Gasteiger partial charge in [0.1, 0.15) is 11.5 Å². The smallest absolute Gasteiger partial charge is 0.231 e. The average molecular weight is 466 g/mol. The van der Waals surface area contributed by atoms with Crippen molar-refractivity contribution in [1.82, 2.24) is 0 Å². The summed E-state index contributed by atoms with van der Waals surface area (Å²) < 4.78 is 33.8. The quantitative estimate of drug-likeness (QED) is 0.540. The van der Waals surface area contributed by atoms with E-state index in [9.17, 15) is 5.11 Å². The van der Waals surface area contributed by atoms with Crippen LogP contribution < -0.4 is 33.7 Å². The largest absolute Gasteiger partial charge is 0.502 e. The third-order valence-corrected chi connectivity index (χ3v) is 6.36. The molecule has 8 nitrogen and oxygen atoms in total. The molecule has 2 heterocycles. The van der Waals surface area contributed by atoms with E-state index in [1.165, 1.54) is 14.2 Å². The summed E-state index contributed by atoms with van der Waals surface area (Å²) in [6.07, 6.45) is -0.350. The Labute approximate surface area is 197 Å². The number of ether oxygens (including phenoxy) is 6. The summed E-state index contributed by atoms with van der Waals surface area (Å²) in [4.78, 5) is 0. The molecule has 0 radical (unpaired) electrons. The molecule has 0 aliphatic carbocycles. The van der Waals surface area contributed by atoms with Crippen LogP contribution in [0, 0.1) is 5.92 Å². The molecule has 34 heavy (non-hydrogen) atoms. The molecular formula is C26H27NO7.